The highest BCUT2D eigenvalue weighted by atomic mass is 28.4. The highest BCUT2D eigenvalue weighted by Gasteiger charge is 2.86. The molecule has 0 bridgehead atoms. The maximum atomic E-state index is 12.5. The summed E-state index contributed by atoms with van der Waals surface area (Å²) in [4.78, 5) is 12.5. The van der Waals surface area contributed by atoms with E-state index in [0.717, 1.165) is 25.7 Å². The maximum Gasteiger partial charge on any atom is 0.537 e. The van der Waals surface area contributed by atoms with E-state index in [9.17, 15) is 9.90 Å². The van der Waals surface area contributed by atoms with Crippen molar-refractivity contribution >= 4 is 14.8 Å². The van der Waals surface area contributed by atoms with Crippen LogP contribution in [0.2, 0.25) is 0 Å². The SMILES string of the molecule is CCCCCCC(OC)(C1(C2(C3(C(=O)O)CCO3)CCO2)CCO1)[Si](OC)(OC)OC. The highest BCUT2D eigenvalue weighted by Crippen LogP contribution is 2.64. The second kappa shape index (κ2) is 9.34. The van der Waals surface area contributed by atoms with Crippen LogP contribution in [0.15, 0.2) is 0 Å². The van der Waals surface area contributed by atoms with E-state index in [1.54, 1.807) is 28.4 Å². The second-order valence-electron chi connectivity index (χ2n) is 8.59. The third kappa shape index (κ3) is 3.10. The van der Waals surface area contributed by atoms with Crippen molar-refractivity contribution in [3.63, 3.8) is 0 Å². The molecule has 0 aliphatic carbocycles. The lowest BCUT2D eigenvalue weighted by molar-refractivity contribution is -0.416. The zero-order valence-electron chi connectivity index (χ0n) is 19.5. The zero-order chi connectivity index (χ0) is 22.8. The molecule has 0 aromatic carbocycles. The number of methoxy groups -OCH3 is 1. The number of carboxylic acids is 1. The molecule has 0 amide bonds. The van der Waals surface area contributed by atoms with Crippen LogP contribution in [0.4, 0.5) is 0 Å². The summed E-state index contributed by atoms with van der Waals surface area (Å²) in [5.41, 5.74) is -3.84. The van der Waals surface area contributed by atoms with Gasteiger partial charge in [0.15, 0.2) is 10.8 Å². The van der Waals surface area contributed by atoms with Crippen LogP contribution in [0.3, 0.4) is 0 Å². The molecule has 3 saturated heterocycles. The Bertz CT molecular complexity index is 618. The normalized spacial score (nSPS) is 34.9. The molecule has 3 heterocycles. The summed E-state index contributed by atoms with van der Waals surface area (Å²) in [6.45, 7) is 3.41. The lowest BCUT2D eigenvalue weighted by atomic mass is 9.57. The summed E-state index contributed by atoms with van der Waals surface area (Å²) in [6.07, 6.45) is 5.91. The molecule has 10 heteroatoms. The number of carboxylic acid groups (broad SMARTS) is 1. The predicted octanol–water partition coefficient (Wildman–Crippen LogP) is 2.32. The van der Waals surface area contributed by atoms with E-state index in [-0.39, 0.29) is 0 Å². The fourth-order valence-corrected chi connectivity index (χ4v) is 9.16. The molecular weight excluding hydrogens is 424 g/mol. The molecule has 0 saturated carbocycles. The molecular formula is C21H38O9Si. The van der Waals surface area contributed by atoms with Crippen molar-refractivity contribution in [1.82, 2.24) is 0 Å². The van der Waals surface area contributed by atoms with Crippen molar-refractivity contribution in [1.29, 1.82) is 0 Å². The molecule has 180 valence electrons. The van der Waals surface area contributed by atoms with Gasteiger partial charge in [0, 0.05) is 47.7 Å². The number of rotatable bonds is 14. The van der Waals surface area contributed by atoms with Gasteiger partial charge in [0.05, 0.1) is 19.8 Å². The Balaban J connectivity index is 2.16. The second-order valence-corrected chi connectivity index (χ2v) is 11.7. The molecule has 1 N–H and O–H groups in total. The fraction of sp³-hybridized carbons (Fsp3) is 0.952. The van der Waals surface area contributed by atoms with Crippen LogP contribution in [0, 0.1) is 0 Å². The van der Waals surface area contributed by atoms with Gasteiger partial charge in [-0.05, 0) is 6.42 Å². The number of aliphatic carboxylic acids is 1. The topological polar surface area (TPSA) is 102 Å². The van der Waals surface area contributed by atoms with Gasteiger partial charge in [-0.15, -0.1) is 0 Å². The van der Waals surface area contributed by atoms with E-state index in [2.05, 4.69) is 6.92 Å². The van der Waals surface area contributed by atoms with Gasteiger partial charge >= 0.3 is 14.8 Å². The number of hydrogen-bond donors (Lipinski definition) is 1. The third-order valence-corrected chi connectivity index (χ3v) is 11.2. The van der Waals surface area contributed by atoms with Gasteiger partial charge in [-0.2, -0.15) is 0 Å². The summed E-state index contributed by atoms with van der Waals surface area (Å²) >= 11 is 0. The Morgan fingerprint density at radius 1 is 0.935 bits per heavy atom. The van der Waals surface area contributed by atoms with Gasteiger partial charge in [-0.1, -0.05) is 32.6 Å². The van der Waals surface area contributed by atoms with Crippen LogP contribution in [0.25, 0.3) is 0 Å². The lowest BCUT2D eigenvalue weighted by Gasteiger charge is -2.71. The first-order chi connectivity index (χ1) is 14.9. The quantitative estimate of drug-likeness (QED) is 0.308. The maximum absolute atomic E-state index is 12.5. The van der Waals surface area contributed by atoms with Crippen LogP contribution >= 0.6 is 0 Å². The molecule has 0 aromatic rings. The van der Waals surface area contributed by atoms with Crippen molar-refractivity contribution in [2.45, 2.75) is 80.3 Å². The van der Waals surface area contributed by atoms with Gasteiger partial charge < -0.3 is 37.3 Å². The Kier molecular flexibility index (Phi) is 7.54. The molecule has 0 radical (unpaired) electrons. The predicted molar refractivity (Wildman–Crippen MR) is 113 cm³/mol. The molecule has 31 heavy (non-hydrogen) atoms. The van der Waals surface area contributed by atoms with Crippen LogP contribution in [-0.2, 0) is 37.0 Å². The average molecular weight is 463 g/mol. The van der Waals surface area contributed by atoms with E-state index in [4.69, 9.17) is 32.2 Å². The minimum atomic E-state index is -3.53. The fourth-order valence-electron chi connectivity index (χ4n) is 6.04. The number of unbranched alkanes of at least 4 members (excludes halogenated alkanes) is 3. The summed E-state index contributed by atoms with van der Waals surface area (Å²) in [7, 11) is 2.71. The van der Waals surface area contributed by atoms with Crippen LogP contribution in [0.1, 0.15) is 58.3 Å². The van der Waals surface area contributed by atoms with Gasteiger partial charge in [0.1, 0.15) is 11.2 Å². The third-order valence-electron chi connectivity index (χ3n) is 7.74. The smallest absolute Gasteiger partial charge is 0.479 e. The summed E-state index contributed by atoms with van der Waals surface area (Å²) in [5.74, 6) is -1.04. The molecule has 4 unspecified atom stereocenters. The minimum Gasteiger partial charge on any atom is -0.479 e. The van der Waals surface area contributed by atoms with Crippen LogP contribution in [-0.4, -0.2) is 90.2 Å². The van der Waals surface area contributed by atoms with Gasteiger partial charge in [-0.3, -0.25) is 0 Å². The molecule has 3 aliphatic rings. The summed E-state index contributed by atoms with van der Waals surface area (Å²) in [6, 6.07) is 0. The molecule has 3 fully saturated rings. The van der Waals surface area contributed by atoms with Crippen molar-refractivity contribution < 1.29 is 42.1 Å². The van der Waals surface area contributed by atoms with E-state index < -0.39 is 36.8 Å². The van der Waals surface area contributed by atoms with Gasteiger partial charge in [-0.25, -0.2) is 4.79 Å². The van der Waals surface area contributed by atoms with E-state index >= 15 is 0 Å². The Labute approximate surface area is 186 Å². The van der Waals surface area contributed by atoms with Crippen molar-refractivity contribution in [2.75, 3.05) is 48.3 Å². The first-order valence-corrected chi connectivity index (χ1v) is 13.0. The Morgan fingerprint density at radius 3 is 1.77 bits per heavy atom. The van der Waals surface area contributed by atoms with Crippen molar-refractivity contribution in [2.24, 2.45) is 0 Å². The molecule has 0 aromatic heterocycles. The van der Waals surface area contributed by atoms with Crippen molar-refractivity contribution in [3.05, 3.63) is 0 Å². The zero-order valence-corrected chi connectivity index (χ0v) is 20.5. The molecule has 3 aliphatic heterocycles. The first kappa shape index (κ1) is 25.0. The molecule has 3 rings (SSSR count). The number of ether oxygens (including phenoxy) is 4. The monoisotopic (exact) mass is 462 g/mol. The lowest BCUT2D eigenvalue weighted by Crippen LogP contribution is -2.91. The summed E-state index contributed by atoms with van der Waals surface area (Å²) in [5, 5.41) is 9.08. The van der Waals surface area contributed by atoms with Crippen molar-refractivity contribution in [3.8, 4) is 0 Å². The van der Waals surface area contributed by atoms with Gasteiger partial charge in [0.25, 0.3) is 0 Å². The minimum absolute atomic E-state index is 0.352. The number of carbonyl (C=O) groups is 1. The highest BCUT2D eigenvalue weighted by molar-refractivity contribution is 6.64. The van der Waals surface area contributed by atoms with Crippen LogP contribution in [0.5, 0.6) is 0 Å². The van der Waals surface area contributed by atoms with E-state index in [0.29, 0.717) is 45.5 Å². The molecule has 9 nitrogen and oxygen atoms in total. The van der Waals surface area contributed by atoms with E-state index in [1.165, 1.54) is 0 Å². The first-order valence-electron chi connectivity index (χ1n) is 11.2. The largest absolute Gasteiger partial charge is 0.537 e. The number of hydrogen-bond acceptors (Lipinski definition) is 8. The van der Waals surface area contributed by atoms with Gasteiger partial charge in [0.2, 0.25) is 0 Å². The Morgan fingerprint density at radius 2 is 1.48 bits per heavy atom. The molecule has 4 atom stereocenters. The Hall–Kier alpha value is -0.593. The van der Waals surface area contributed by atoms with Crippen LogP contribution < -0.4 is 0 Å². The summed E-state index contributed by atoms with van der Waals surface area (Å²) < 4.78 is 42.6. The average Bonchev–Trinajstić information content (AvgIpc) is 2.67. The van der Waals surface area contributed by atoms with E-state index in [1.807, 2.05) is 0 Å². The molecule has 0 spiro atoms. The standard InChI is InChI=1S/C21H38O9Si/c1-6-7-8-9-10-21(24-2,31(25-3,26-4)27-5)20(13-16-30-20)19(12-15-29-19)18(17(22)23)11-14-28-18/h6-16H2,1-5H3,(H,22,23).